The van der Waals surface area contributed by atoms with Crippen LogP contribution < -0.4 is 5.56 Å². The fourth-order valence-electron chi connectivity index (χ4n) is 2.45. The van der Waals surface area contributed by atoms with Gasteiger partial charge in [-0.05, 0) is 12.1 Å². The molecule has 6 nitrogen and oxygen atoms in total. The molecule has 0 saturated heterocycles. The van der Waals surface area contributed by atoms with E-state index < -0.39 is 0 Å². The Balaban J connectivity index is 1.86. The van der Waals surface area contributed by atoms with Gasteiger partial charge in [-0.1, -0.05) is 12.1 Å². The van der Waals surface area contributed by atoms with Crippen LogP contribution in [0.3, 0.4) is 0 Å². The van der Waals surface area contributed by atoms with E-state index in [1.54, 1.807) is 10.9 Å². The molecule has 106 valence electrons. The Labute approximate surface area is 128 Å². The maximum absolute atomic E-state index is 12.0. The molecule has 0 aliphatic heterocycles. The molecule has 0 fully saturated rings. The van der Waals surface area contributed by atoms with Crippen LogP contribution in [-0.2, 0) is 6.54 Å². The summed E-state index contributed by atoms with van der Waals surface area (Å²) in [5.74, 6) is 0. The number of aromatic nitrogens is 4. The van der Waals surface area contributed by atoms with Crippen molar-refractivity contribution in [3.05, 3.63) is 63.7 Å². The summed E-state index contributed by atoms with van der Waals surface area (Å²) in [4.78, 5) is 17.1. The van der Waals surface area contributed by atoms with Gasteiger partial charge in [-0.15, -0.1) is 11.3 Å². The molecule has 0 bridgehead atoms. The van der Waals surface area contributed by atoms with Crippen LogP contribution in [-0.4, -0.2) is 19.2 Å². The standard InChI is InChI=1S/C15H9N5OS/c16-8-12-11-3-1-2-4-13(11)20(18-12)9-10-7-14(21)19-5-6-22-15(19)17-10/h1-7H,9H2. The van der Waals surface area contributed by atoms with E-state index in [0.717, 1.165) is 10.9 Å². The normalized spacial score (nSPS) is 11.0. The first kappa shape index (κ1) is 12.7. The predicted octanol–water partition coefficient (Wildman–Crippen LogP) is 2.03. The molecule has 4 aromatic rings. The Bertz CT molecular complexity index is 1100. The highest BCUT2D eigenvalue weighted by atomic mass is 32.1. The van der Waals surface area contributed by atoms with Gasteiger partial charge in [0, 0.05) is 23.0 Å². The second kappa shape index (κ2) is 4.79. The number of benzene rings is 1. The molecule has 0 radical (unpaired) electrons. The molecule has 22 heavy (non-hydrogen) atoms. The number of para-hydroxylation sites is 1. The highest BCUT2D eigenvalue weighted by Gasteiger charge is 2.11. The predicted molar refractivity (Wildman–Crippen MR) is 82.9 cm³/mol. The van der Waals surface area contributed by atoms with Crippen molar-refractivity contribution in [2.24, 2.45) is 0 Å². The Hall–Kier alpha value is -2.98. The molecular formula is C15H9N5OS. The first-order valence-electron chi connectivity index (χ1n) is 6.58. The maximum atomic E-state index is 12.0. The number of thiazole rings is 1. The van der Waals surface area contributed by atoms with Gasteiger partial charge in [-0.25, -0.2) is 4.98 Å². The van der Waals surface area contributed by atoms with Crippen molar-refractivity contribution in [1.29, 1.82) is 5.26 Å². The third-order valence-electron chi connectivity index (χ3n) is 3.43. The van der Waals surface area contributed by atoms with Crippen molar-refractivity contribution in [2.45, 2.75) is 6.54 Å². The molecule has 3 heterocycles. The van der Waals surface area contributed by atoms with Gasteiger partial charge in [0.15, 0.2) is 10.7 Å². The van der Waals surface area contributed by atoms with Gasteiger partial charge in [0.25, 0.3) is 5.56 Å². The summed E-state index contributed by atoms with van der Waals surface area (Å²) in [7, 11) is 0. The smallest absolute Gasteiger partial charge is 0.258 e. The van der Waals surface area contributed by atoms with Crippen LogP contribution in [0.15, 0.2) is 46.7 Å². The SMILES string of the molecule is N#Cc1nn(Cc2cc(=O)n3ccsc3n2)c2ccccc12. The van der Waals surface area contributed by atoms with E-state index in [1.807, 2.05) is 29.6 Å². The number of rotatable bonds is 2. The molecule has 0 amide bonds. The van der Waals surface area contributed by atoms with E-state index in [-0.39, 0.29) is 5.56 Å². The molecule has 1 aromatic carbocycles. The fourth-order valence-corrected chi connectivity index (χ4v) is 3.19. The van der Waals surface area contributed by atoms with E-state index in [1.165, 1.54) is 21.8 Å². The number of fused-ring (bicyclic) bond motifs is 2. The summed E-state index contributed by atoms with van der Waals surface area (Å²) in [6.45, 7) is 0.353. The molecule has 7 heteroatoms. The first-order valence-corrected chi connectivity index (χ1v) is 7.45. The summed E-state index contributed by atoms with van der Waals surface area (Å²) in [6, 6.07) is 11.1. The van der Waals surface area contributed by atoms with Crippen LogP contribution in [0.4, 0.5) is 0 Å². The Morgan fingerprint density at radius 3 is 3.05 bits per heavy atom. The number of hydrogen-bond donors (Lipinski definition) is 0. The summed E-state index contributed by atoms with van der Waals surface area (Å²) in [5.41, 5.74) is 1.75. The van der Waals surface area contributed by atoms with Crippen LogP contribution in [0.5, 0.6) is 0 Å². The Morgan fingerprint density at radius 1 is 1.32 bits per heavy atom. The summed E-state index contributed by atoms with van der Waals surface area (Å²) in [5, 5.41) is 16.1. The molecule has 0 aliphatic carbocycles. The highest BCUT2D eigenvalue weighted by molar-refractivity contribution is 7.15. The molecule has 4 rings (SSSR count). The van der Waals surface area contributed by atoms with Gasteiger partial charge < -0.3 is 0 Å². The highest BCUT2D eigenvalue weighted by Crippen LogP contribution is 2.18. The molecule has 0 spiro atoms. The van der Waals surface area contributed by atoms with Crippen molar-refractivity contribution in [2.75, 3.05) is 0 Å². The average molecular weight is 307 g/mol. The summed E-state index contributed by atoms with van der Waals surface area (Å²) >= 11 is 1.41. The van der Waals surface area contributed by atoms with E-state index in [2.05, 4.69) is 16.2 Å². The minimum atomic E-state index is -0.113. The first-order chi connectivity index (χ1) is 10.8. The molecular weight excluding hydrogens is 298 g/mol. The van der Waals surface area contributed by atoms with Crippen molar-refractivity contribution in [3.63, 3.8) is 0 Å². The van der Waals surface area contributed by atoms with Crippen LogP contribution in [0.1, 0.15) is 11.4 Å². The second-order valence-corrected chi connectivity index (χ2v) is 5.65. The molecule has 0 atom stereocenters. The lowest BCUT2D eigenvalue weighted by Crippen LogP contribution is -2.15. The maximum Gasteiger partial charge on any atom is 0.258 e. The minimum Gasteiger partial charge on any atom is -0.269 e. The zero-order valence-electron chi connectivity index (χ0n) is 11.3. The minimum absolute atomic E-state index is 0.113. The quantitative estimate of drug-likeness (QED) is 0.568. The fraction of sp³-hybridized carbons (Fsp3) is 0.0667. The van der Waals surface area contributed by atoms with Crippen LogP contribution in [0.2, 0.25) is 0 Å². The van der Waals surface area contributed by atoms with Crippen molar-refractivity contribution in [3.8, 4) is 6.07 Å². The summed E-state index contributed by atoms with van der Waals surface area (Å²) in [6.07, 6.45) is 1.70. The number of hydrogen-bond acceptors (Lipinski definition) is 5. The van der Waals surface area contributed by atoms with Gasteiger partial charge in [0.2, 0.25) is 0 Å². The van der Waals surface area contributed by atoms with Gasteiger partial charge in [-0.2, -0.15) is 10.4 Å². The molecule has 0 saturated carbocycles. The molecule has 3 aromatic heterocycles. The zero-order chi connectivity index (χ0) is 15.1. The third-order valence-corrected chi connectivity index (χ3v) is 4.19. The van der Waals surface area contributed by atoms with Gasteiger partial charge in [0.05, 0.1) is 17.8 Å². The topological polar surface area (TPSA) is 76.0 Å². The number of nitriles is 1. The van der Waals surface area contributed by atoms with Crippen LogP contribution in [0.25, 0.3) is 15.9 Å². The van der Waals surface area contributed by atoms with Crippen molar-refractivity contribution < 1.29 is 0 Å². The molecule has 0 N–H and O–H groups in total. The van der Waals surface area contributed by atoms with E-state index in [0.29, 0.717) is 22.9 Å². The van der Waals surface area contributed by atoms with E-state index in [4.69, 9.17) is 0 Å². The zero-order valence-corrected chi connectivity index (χ0v) is 12.1. The Morgan fingerprint density at radius 2 is 2.18 bits per heavy atom. The van der Waals surface area contributed by atoms with E-state index in [9.17, 15) is 10.1 Å². The average Bonchev–Trinajstić information content (AvgIpc) is 3.13. The van der Waals surface area contributed by atoms with Gasteiger partial charge in [-0.3, -0.25) is 13.9 Å². The molecule has 0 aliphatic rings. The third kappa shape index (κ3) is 1.89. The van der Waals surface area contributed by atoms with Crippen molar-refractivity contribution in [1.82, 2.24) is 19.2 Å². The van der Waals surface area contributed by atoms with Gasteiger partial charge >= 0.3 is 0 Å². The lowest BCUT2D eigenvalue weighted by atomic mass is 10.2. The van der Waals surface area contributed by atoms with Crippen LogP contribution >= 0.6 is 11.3 Å². The lowest BCUT2D eigenvalue weighted by Gasteiger charge is -2.03. The monoisotopic (exact) mass is 307 g/mol. The largest absolute Gasteiger partial charge is 0.269 e. The second-order valence-electron chi connectivity index (χ2n) is 4.78. The lowest BCUT2D eigenvalue weighted by molar-refractivity contribution is 0.692. The Kier molecular flexibility index (Phi) is 2.77. The van der Waals surface area contributed by atoms with Crippen molar-refractivity contribution >= 4 is 27.2 Å². The van der Waals surface area contributed by atoms with E-state index >= 15 is 0 Å². The van der Waals surface area contributed by atoms with Crippen LogP contribution in [0, 0.1) is 11.3 Å². The summed E-state index contributed by atoms with van der Waals surface area (Å²) < 4.78 is 3.22. The number of nitrogens with zero attached hydrogens (tertiary/aromatic N) is 5. The molecule has 0 unspecified atom stereocenters. The van der Waals surface area contributed by atoms with Gasteiger partial charge in [0.1, 0.15) is 6.07 Å².